The quantitative estimate of drug-likeness (QED) is 0.567. The van der Waals surface area contributed by atoms with Gasteiger partial charge in [-0.3, -0.25) is 20.0 Å². The first kappa shape index (κ1) is 17.1. The summed E-state index contributed by atoms with van der Waals surface area (Å²) in [5, 5.41) is 11.4. The minimum Gasteiger partial charge on any atom is -0.353 e. The summed E-state index contributed by atoms with van der Waals surface area (Å²) < 4.78 is 0.643. The predicted octanol–water partition coefficient (Wildman–Crippen LogP) is 3.12. The molecule has 0 radical (unpaired) electrons. The fourth-order valence-corrected chi connectivity index (χ4v) is 3.30. The van der Waals surface area contributed by atoms with E-state index in [9.17, 15) is 10.1 Å². The van der Waals surface area contributed by atoms with Crippen molar-refractivity contribution in [2.24, 2.45) is 0 Å². The summed E-state index contributed by atoms with van der Waals surface area (Å²) in [5.74, 6) is 0.741. The van der Waals surface area contributed by atoms with Gasteiger partial charge in [-0.1, -0.05) is 11.6 Å². The lowest BCUT2D eigenvalue weighted by Gasteiger charge is -2.35. The smallest absolute Gasteiger partial charge is 0.288 e. The Balaban J connectivity index is 1.60. The van der Waals surface area contributed by atoms with E-state index < -0.39 is 4.92 Å². The average molecular weight is 413 g/mol. The highest BCUT2D eigenvalue weighted by Crippen LogP contribution is 2.28. The SMILES string of the molecule is O=[N+]([O-])c1cnc(N2CCN(Cc3ccc(Cl)cn3)CC2)c(Br)c1. The number of pyridine rings is 2. The molecule has 0 atom stereocenters. The molecule has 1 fully saturated rings. The fraction of sp³-hybridized carbons (Fsp3) is 0.333. The summed E-state index contributed by atoms with van der Waals surface area (Å²) in [7, 11) is 0. The Morgan fingerprint density at radius 2 is 1.96 bits per heavy atom. The Hall–Kier alpha value is -1.77. The lowest BCUT2D eigenvalue weighted by atomic mass is 10.2. The van der Waals surface area contributed by atoms with Crippen molar-refractivity contribution >= 4 is 39.0 Å². The van der Waals surface area contributed by atoms with Crippen molar-refractivity contribution in [3.8, 4) is 0 Å². The van der Waals surface area contributed by atoms with Gasteiger partial charge in [0.05, 0.1) is 20.1 Å². The number of piperazine rings is 1. The van der Waals surface area contributed by atoms with Gasteiger partial charge in [0.25, 0.3) is 5.69 Å². The van der Waals surface area contributed by atoms with Gasteiger partial charge in [-0.2, -0.15) is 0 Å². The van der Waals surface area contributed by atoms with E-state index in [1.165, 1.54) is 12.3 Å². The standard InChI is InChI=1S/C15H15BrClN5O2/c16-14-7-13(22(23)24)9-19-15(14)21-5-3-20(4-6-21)10-12-2-1-11(17)8-18-12/h1-2,7-9H,3-6,10H2. The lowest BCUT2D eigenvalue weighted by molar-refractivity contribution is -0.385. The van der Waals surface area contributed by atoms with Gasteiger partial charge in [-0.25, -0.2) is 4.98 Å². The highest BCUT2D eigenvalue weighted by molar-refractivity contribution is 9.10. The third kappa shape index (κ3) is 4.00. The molecule has 0 amide bonds. The van der Waals surface area contributed by atoms with E-state index in [0.29, 0.717) is 9.50 Å². The van der Waals surface area contributed by atoms with Crippen LogP contribution in [0.4, 0.5) is 11.5 Å². The third-order valence-electron chi connectivity index (χ3n) is 3.86. The molecule has 1 saturated heterocycles. The Morgan fingerprint density at radius 1 is 1.21 bits per heavy atom. The maximum atomic E-state index is 10.8. The molecule has 0 bridgehead atoms. The van der Waals surface area contributed by atoms with Crippen LogP contribution in [0.5, 0.6) is 0 Å². The van der Waals surface area contributed by atoms with Gasteiger partial charge in [0.1, 0.15) is 12.0 Å². The largest absolute Gasteiger partial charge is 0.353 e. The summed E-state index contributed by atoms with van der Waals surface area (Å²) in [5.41, 5.74) is 0.973. The molecule has 0 saturated carbocycles. The number of hydrogen-bond acceptors (Lipinski definition) is 6. The van der Waals surface area contributed by atoms with Gasteiger partial charge in [-0.05, 0) is 28.1 Å². The summed E-state index contributed by atoms with van der Waals surface area (Å²) >= 11 is 9.23. The van der Waals surface area contributed by atoms with E-state index in [1.807, 2.05) is 12.1 Å². The first-order valence-electron chi connectivity index (χ1n) is 7.40. The molecule has 1 aliphatic heterocycles. The first-order chi connectivity index (χ1) is 11.5. The zero-order chi connectivity index (χ0) is 17.1. The second-order valence-electron chi connectivity index (χ2n) is 5.49. The van der Waals surface area contributed by atoms with Gasteiger partial charge in [0, 0.05) is 45.0 Å². The molecule has 0 spiro atoms. The molecule has 7 nitrogen and oxygen atoms in total. The highest BCUT2D eigenvalue weighted by atomic mass is 79.9. The molecule has 0 N–H and O–H groups in total. The molecule has 0 aliphatic carbocycles. The molecular formula is C15H15BrClN5O2. The van der Waals surface area contributed by atoms with Crippen LogP contribution in [0.1, 0.15) is 5.69 Å². The van der Waals surface area contributed by atoms with Crippen molar-refractivity contribution in [3.63, 3.8) is 0 Å². The monoisotopic (exact) mass is 411 g/mol. The zero-order valence-corrected chi connectivity index (χ0v) is 15.1. The molecule has 3 heterocycles. The third-order valence-corrected chi connectivity index (χ3v) is 4.67. The molecule has 24 heavy (non-hydrogen) atoms. The van der Waals surface area contributed by atoms with Crippen LogP contribution in [0, 0.1) is 10.1 Å². The molecule has 2 aromatic heterocycles. The fourth-order valence-electron chi connectivity index (χ4n) is 2.60. The number of aromatic nitrogens is 2. The zero-order valence-electron chi connectivity index (χ0n) is 12.7. The van der Waals surface area contributed by atoms with Crippen LogP contribution >= 0.6 is 27.5 Å². The molecule has 0 aromatic carbocycles. The normalized spacial score (nSPS) is 15.5. The summed E-state index contributed by atoms with van der Waals surface area (Å²) in [4.78, 5) is 23.3. The molecular weight excluding hydrogens is 398 g/mol. The Bertz CT molecular complexity index is 735. The first-order valence-corrected chi connectivity index (χ1v) is 8.57. The van der Waals surface area contributed by atoms with Crippen LogP contribution in [0.15, 0.2) is 35.1 Å². The van der Waals surface area contributed by atoms with E-state index in [0.717, 1.165) is 44.2 Å². The van der Waals surface area contributed by atoms with Crippen molar-refractivity contribution in [2.45, 2.75) is 6.54 Å². The number of nitro groups is 1. The van der Waals surface area contributed by atoms with Crippen LogP contribution in [0.3, 0.4) is 0 Å². The summed E-state index contributed by atoms with van der Waals surface area (Å²) in [6, 6.07) is 5.27. The molecule has 2 aromatic rings. The Kier molecular flexibility index (Phi) is 5.27. The van der Waals surface area contributed by atoms with Crippen molar-refractivity contribution in [3.05, 3.63) is 55.9 Å². The van der Waals surface area contributed by atoms with Crippen molar-refractivity contribution in [2.75, 3.05) is 31.1 Å². The van der Waals surface area contributed by atoms with Crippen molar-refractivity contribution in [1.82, 2.24) is 14.9 Å². The maximum absolute atomic E-state index is 10.8. The molecule has 9 heteroatoms. The second kappa shape index (κ2) is 7.42. The minimum atomic E-state index is -0.446. The van der Waals surface area contributed by atoms with Gasteiger partial charge >= 0.3 is 0 Å². The lowest BCUT2D eigenvalue weighted by Crippen LogP contribution is -2.46. The number of halogens is 2. The number of hydrogen-bond donors (Lipinski definition) is 0. The molecule has 126 valence electrons. The van der Waals surface area contributed by atoms with Gasteiger partial charge < -0.3 is 4.90 Å². The van der Waals surface area contributed by atoms with Crippen LogP contribution in [0.2, 0.25) is 5.02 Å². The second-order valence-corrected chi connectivity index (χ2v) is 6.78. The van der Waals surface area contributed by atoms with E-state index in [1.54, 1.807) is 6.20 Å². The highest BCUT2D eigenvalue weighted by Gasteiger charge is 2.21. The van der Waals surface area contributed by atoms with Gasteiger partial charge in [0.15, 0.2) is 0 Å². The maximum Gasteiger partial charge on any atom is 0.288 e. The molecule has 1 aliphatic rings. The van der Waals surface area contributed by atoms with E-state index >= 15 is 0 Å². The predicted molar refractivity (Wildman–Crippen MR) is 95.3 cm³/mol. The molecule has 0 unspecified atom stereocenters. The number of nitrogens with zero attached hydrogens (tertiary/aromatic N) is 5. The molecule has 3 rings (SSSR count). The van der Waals surface area contributed by atoms with E-state index in [-0.39, 0.29) is 5.69 Å². The van der Waals surface area contributed by atoms with Crippen molar-refractivity contribution in [1.29, 1.82) is 0 Å². The number of rotatable bonds is 4. The van der Waals surface area contributed by atoms with Crippen LogP contribution < -0.4 is 4.90 Å². The van der Waals surface area contributed by atoms with Gasteiger partial charge in [-0.15, -0.1) is 0 Å². The van der Waals surface area contributed by atoms with Gasteiger partial charge in [0.2, 0.25) is 0 Å². The number of anilines is 1. The Labute approximate surface area is 152 Å². The topological polar surface area (TPSA) is 75.4 Å². The summed E-state index contributed by atoms with van der Waals surface area (Å²) in [6.07, 6.45) is 2.95. The van der Waals surface area contributed by atoms with E-state index in [4.69, 9.17) is 11.6 Å². The van der Waals surface area contributed by atoms with Crippen LogP contribution in [0.25, 0.3) is 0 Å². The minimum absolute atomic E-state index is 0.0157. The Morgan fingerprint density at radius 3 is 2.54 bits per heavy atom. The van der Waals surface area contributed by atoms with Crippen molar-refractivity contribution < 1.29 is 4.92 Å². The van der Waals surface area contributed by atoms with Crippen LogP contribution in [-0.2, 0) is 6.54 Å². The average Bonchev–Trinajstić information content (AvgIpc) is 2.58. The van der Waals surface area contributed by atoms with E-state index in [2.05, 4.69) is 35.7 Å². The summed E-state index contributed by atoms with van der Waals surface area (Å²) in [6.45, 7) is 4.12. The van der Waals surface area contributed by atoms with Crippen LogP contribution in [-0.4, -0.2) is 46.0 Å².